The lowest BCUT2D eigenvalue weighted by Gasteiger charge is -2.19. The fraction of sp³-hybridized carbons (Fsp3) is 0.333. The fourth-order valence-corrected chi connectivity index (χ4v) is 2.84. The maximum Gasteiger partial charge on any atom is 0.0424 e. The molecule has 0 saturated heterocycles. The first kappa shape index (κ1) is 14.3. The maximum atomic E-state index is 3.84. The summed E-state index contributed by atoms with van der Waals surface area (Å²) >= 11 is 3.84. The normalized spacial score (nSPS) is 14.1. The zero-order valence-electron chi connectivity index (χ0n) is 11.6. The van der Waals surface area contributed by atoms with Crippen LogP contribution in [0.15, 0.2) is 54.6 Å². The van der Waals surface area contributed by atoms with Crippen molar-refractivity contribution in [1.82, 2.24) is 0 Å². The third-order valence-corrected chi connectivity index (χ3v) is 5.04. The SMILES string of the molecule is CCc1ccc(CC(C)C(Br)c2ccccc2)cc1. The highest BCUT2D eigenvalue weighted by molar-refractivity contribution is 9.09. The van der Waals surface area contributed by atoms with Crippen molar-refractivity contribution in [3.63, 3.8) is 0 Å². The molecule has 2 atom stereocenters. The molecule has 19 heavy (non-hydrogen) atoms. The van der Waals surface area contributed by atoms with Gasteiger partial charge >= 0.3 is 0 Å². The minimum absolute atomic E-state index is 0.416. The van der Waals surface area contributed by atoms with Gasteiger partial charge in [-0.1, -0.05) is 84.4 Å². The minimum atomic E-state index is 0.416. The maximum absolute atomic E-state index is 3.84. The summed E-state index contributed by atoms with van der Waals surface area (Å²) in [6.45, 7) is 4.50. The molecule has 1 heteroatoms. The third-order valence-electron chi connectivity index (χ3n) is 3.61. The molecule has 0 heterocycles. The summed E-state index contributed by atoms with van der Waals surface area (Å²) in [5.74, 6) is 0.579. The Morgan fingerprint density at radius 2 is 1.47 bits per heavy atom. The average Bonchev–Trinajstić information content (AvgIpc) is 2.48. The van der Waals surface area contributed by atoms with Crippen molar-refractivity contribution >= 4 is 15.9 Å². The van der Waals surface area contributed by atoms with Gasteiger partial charge in [-0.3, -0.25) is 0 Å². The number of rotatable bonds is 5. The number of alkyl halides is 1. The van der Waals surface area contributed by atoms with E-state index < -0.39 is 0 Å². The minimum Gasteiger partial charge on any atom is -0.0836 e. The zero-order chi connectivity index (χ0) is 13.7. The van der Waals surface area contributed by atoms with Gasteiger partial charge in [-0.25, -0.2) is 0 Å². The molecule has 0 aliphatic carbocycles. The Labute approximate surface area is 125 Å². The molecule has 0 saturated carbocycles. The van der Waals surface area contributed by atoms with Crippen LogP contribution in [0.1, 0.15) is 35.4 Å². The molecule has 0 fully saturated rings. The van der Waals surface area contributed by atoms with E-state index in [0.717, 1.165) is 12.8 Å². The van der Waals surface area contributed by atoms with Crippen LogP contribution in [0.3, 0.4) is 0 Å². The first-order valence-electron chi connectivity index (χ1n) is 6.97. The van der Waals surface area contributed by atoms with Crippen LogP contribution in [0.2, 0.25) is 0 Å². The second-order valence-electron chi connectivity index (χ2n) is 5.16. The molecule has 0 spiro atoms. The van der Waals surface area contributed by atoms with Crippen LogP contribution in [0, 0.1) is 5.92 Å². The largest absolute Gasteiger partial charge is 0.0836 e. The summed E-state index contributed by atoms with van der Waals surface area (Å²) in [5, 5.41) is 0. The summed E-state index contributed by atoms with van der Waals surface area (Å²) in [6.07, 6.45) is 2.22. The van der Waals surface area contributed by atoms with Gasteiger partial charge in [0.2, 0.25) is 0 Å². The van der Waals surface area contributed by atoms with Crippen molar-refractivity contribution in [2.24, 2.45) is 5.92 Å². The highest BCUT2D eigenvalue weighted by Crippen LogP contribution is 2.32. The second kappa shape index (κ2) is 6.91. The second-order valence-corrected chi connectivity index (χ2v) is 6.15. The molecule has 0 N–H and O–H groups in total. The highest BCUT2D eigenvalue weighted by Gasteiger charge is 2.16. The standard InChI is InChI=1S/C18H21Br/c1-3-15-9-11-16(12-10-15)13-14(2)18(19)17-7-5-4-6-8-17/h4-12,14,18H,3,13H2,1-2H3. The van der Waals surface area contributed by atoms with Crippen LogP contribution in [0.5, 0.6) is 0 Å². The first-order valence-corrected chi connectivity index (χ1v) is 7.89. The van der Waals surface area contributed by atoms with Crippen molar-refractivity contribution in [2.75, 3.05) is 0 Å². The van der Waals surface area contributed by atoms with E-state index in [2.05, 4.69) is 84.4 Å². The van der Waals surface area contributed by atoms with Gasteiger partial charge in [0, 0.05) is 4.83 Å². The van der Waals surface area contributed by atoms with Gasteiger partial charge < -0.3 is 0 Å². The topological polar surface area (TPSA) is 0 Å². The summed E-state index contributed by atoms with van der Waals surface area (Å²) in [7, 11) is 0. The third kappa shape index (κ3) is 3.94. The van der Waals surface area contributed by atoms with Crippen LogP contribution in [0.4, 0.5) is 0 Å². The van der Waals surface area contributed by atoms with Crippen molar-refractivity contribution in [1.29, 1.82) is 0 Å². The van der Waals surface area contributed by atoms with E-state index >= 15 is 0 Å². The predicted octanol–water partition coefficient (Wildman–Crippen LogP) is 5.56. The number of aryl methyl sites for hydroxylation is 1. The van der Waals surface area contributed by atoms with Crippen LogP contribution < -0.4 is 0 Å². The van der Waals surface area contributed by atoms with Crippen molar-refractivity contribution in [2.45, 2.75) is 31.5 Å². The molecule has 100 valence electrons. The molecule has 0 aliphatic heterocycles. The lowest BCUT2D eigenvalue weighted by Crippen LogP contribution is -2.07. The van der Waals surface area contributed by atoms with Gasteiger partial charge in [-0.05, 0) is 35.4 Å². The molecule has 0 nitrogen and oxygen atoms in total. The number of halogens is 1. The molecule has 2 unspecified atom stereocenters. The lowest BCUT2D eigenvalue weighted by atomic mass is 9.93. The number of benzene rings is 2. The molecule has 2 aromatic carbocycles. The Morgan fingerprint density at radius 1 is 0.895 bits per heavy atom. The van der Waals surface area contributed by atoms with Gasteiger partial charge in [0.05, 0.1) is 0 Å². The van der Waals surface area contributed by atoms with E-state index in [4.69, 9.17) is 0 Å². The van der Waals surface area contributed by atoms with Gasteiger partial charge in [-0.15, -0.1) is 0 Å². The molecule has 0 bridgehead atoms. The smallest absolute Gasteiger partial charge is 0.0424 e. The highest BCUT2D eigenvalue weighted by atomic mass is 79.9. The van der Waals surface area contributed by atoms with Crippen molar-refractivity contribution in [3.05, 3.63) is 71.3 Å². The van der Waals surface area contributed by atoms with E-state index in [1.807, 2.05) is 0 Å². The quantitative estimate of drug-likeness (QED) is 0.633. The molecule has 0 radical (unpaired) electrons. The molecule has 0 aromatic heterocycles. The Bertz CT molecular complexity index is 487. The van der Waals surface area contributed by atoms with E-state index in [-0.39, 0.29) is 0 Å². The van der Waals surface area contributed by atoms with Gasteiger partial charge in [-0.2, -0.15) is 0 Å². The van der Waals surface area contributed by atoms with E-state index in [1.165, 1.54) is 16.7 Å². The van der Waals surface area contributed by atoms with Crippen molar-refractivity contribution in [3.8, 4) is 0 Å². The molecule has 0 amide bonds. The summed E-state index contributed by atoms with van der Waals surface area (Å²) in [5.41, 5.74) is 4.19. The Hall–Kier alpha value is -1.08. The lowest BCUT2D eigenvalue weighted by molar-refractivity contribution is 0.572. The Balaban J connectivity index is 2.01. The fourth-order valence-electron chi connectivity index (χ4n) is 2.35. The Kier molecular flexibility index (Phi) is 5.21. The number of hydrogen-bond donors (Lipinski definition) is 0. The molecule has 0 aliphatic rings. The van der Waals surface area contributed by atoms with E-state index in [1.54, 1.807) is 0 Å². The van der Waals surface area contributed by atoms with Crippen molar-refractivity contribution < 1.29 is 0 Å². The number of hydrogen-bond acceptors (Lipinski definition) is 0. The molecule has 2 rings (SSSR count). The zero-order valence-corrected chi connectivity index (χ0v) is 13.2. The average molecular weight is 317 g/mol. The first-order chi connectivity index (χ1) is 9.20. The molecule has 2 aromatic rings. The van der Waals surface area contributed by atoms with Crippen LogP contribution in [-0.4, -0.2) is 0 Å². The molecular weight excluding hydrogens is 296 g/mol. The van der Waals surface area contributed by atoms with Crippen LogP contribution in [-0.2, 0) is 12.8 Å². The molecular formula is C18H21Br. The summed E-state index contributed by atoms with van der Waals surface area (Å²) in [6, 6.07) is 19.7. The van der Waals surface area contributed by atoms with E-state index in [9.17, 15) is 0 Å². The monoisotopic (exact) mass is 316 g/mol. The summed E-state index contributed by atoms with van der Waals surface area (Å²) < 4.78 is 0. The Morgan fingerprint density at radius 3 is 2.05 bits per heavy atom. The van der Waals surface area contributed by atoms with Gasteiger partial charge in [0.25, 0.3) is 0 Å². The summed E-state index contributed by atoms with van der Waals surface area (Å²) in [4.78, 5) is 0.416. The van der Waals surface area contributed by atoms with Gasteiger partial charge in [0.1, 0.15) is 0 Å². The van der Waals surface area contributed by atoms with E-state index in [0.29, 0.717) is 10.7 Å². The van der Waals surface area contributed by atoms with Gasteiger partial charge in [0.15, 0.2) is 0 Å². The van der Waals surface area contributed by atoms with Crippen LogP contribution in [0.25, 0.3) is 0 Å². The predicted molar refractivity (Wildman–Crippen MR) is 86.8 cm³/mol. The van der Waals surface area contributed by atoms with Crippen LogP contribution >= 0.6 is 15.9 Å².